The SMILES string of the molecule is COc1cc(NC(C(=O)N2CCc3cc(OC)c(C(F)(F)F)cc32)c2ccc(Cl)cc2OC)cc(OCCCC(=O)O)c1. The van der Waals surface area contributed by atoms with E-state index in [2.05, 4.69) is 5.32 Å². The standard InChI is InChI=1S/C30H30ClF3N2O7/c1-40-20-13-19(14-21(15-20)43-10-4-5-27(37)38)35-28(22-7-6-18(31)12-25(22)41-2)29(39)36-9-8-17-11-26(42-3)23(16-24(17)36)30(32,33)34/h6-7,11-16,28,35H,4-5,8-10H2,1-3H3,(H,37,38). The maximum absolute atomic E-state index is 14.2. The highest BCUT2D eigenvalue weighted by molar-refractivity contribution is 6.30. The summed E-state index contributed by atoms with van der Waals surface area (Å²) in [6.45, 7) is 0.268. The Morgan fingerprint density at radius 2 is 1.72 bits per heavy atom. The molecule has 9 nitrogen and oxygen atoms in total. The summed E-state index contributed by atoms with van der Waals surface area (Å²) in [4.78, 5) is 26.4. The molecule has 1 aliphatic rings. The Bertz CT molecular complexity index is 1500. The van der Waals surface area contributed by atoms with Crippen LogP contribution in [0.1, 0.15) is 35.6 Å². The number of amides is 1. The number of benzene rings is 3. The number of carbonyl (C=O) groups is 2. The van der Waals surface area contributed by atoms with Crippen molar-refractivity contribution in [2.45, 2.75) is 31.5 Å². The van der Waals surface area contributed by atoms with E-state index in [1.165, 1.54) is 38.4 Å². The third kappa shape index (κ3) is 7.37. The zero-order valence-electron chi connectivity index (χ0n) is 23.6. The maximum Gasteiger partial charge on any atom is 0.420 e. The lowest BCUT2D eigenvalue weighted by Crippen LogP contribution is -2.37. The molecule has 1 amide bonds. The number of fused-ring (bicyclic) bond motifs is 1. The molecule has 0 aromatic heterocycles. The van der Waals surface area contributed by atoms with Crippen molar-refractivity contribution in [3.63, 3.8) is 0 Å². The molecule has 1 unspecified atom stereocenters. The summed E-state index contributed by atoms with van der Waals surface area (Å²) in [5.41, 5.74) is 0.471. The third-order valence-electron chi connectivity index (χ3n) is 6.85. The molecule has 13 heteroatoms. The van der Waals surface area contributed by atoms with Crippen LogP contribution >= 0.6 is 11.6 Å². The molecule has 3 aromatic rings. The second kappa shape index (κ2) is 13.3. The molecule has 0 fully saturated rings. The fourth-order valence-electron chi connectivity index (χ4n) is 4.82. The van der Waals surface area contributed by atoms with Gasteiger partial charge >= 0.3 is 12.1 Å². The number of rotatable bonds is 12. The highest BCUT2D eigenvalue weighted by Crippen LogP contribution is 2.43. The van der Waals surface area contributed by atoms with Crippen molar-refractivity contribution < 1.29 is 46.8 Å². The first kappa shape index (κ1) is 31.6. The highest BCUT2D eigenvalue weighted by atomic mass is 35.5. The van der Waals surface area contributed by atoms with Gasteiger partial charge in [-0.25, -0.2) is 0 Å². The van der Waals surface area contributed by atoms with Gasteiger partial charge in [-0.1, -0.05) is 17.7 Å². The highest BCUT2D eigenvalue weighted by Gasteiger charge is 2.39. The summed E-state index contributed by atoms with van der Waals surface area (Å²) in [5, 5.41) is 12.4. The first-order valence-corrected chi connectivity index (χ1v) is 13.6. The smallest absolute Gasteiger partial charge is 0.420 e. The number of nitrogens with one attached hydrogen (secondary N) is 1. The van der Waals surface area contributed by atoms with Crippen molar-refractivity contribution in [1.82, 2.24) is 0 Å². The minimum atomic E-state index is -4.70. The topological polar surface area (TPSA) is 107 Å². The van der Waals surface area contributed by atoms with Gasteiger partial charge in [-0.05, 0) is 42.7 Å². The van der Waals surface area contributed by atoms with Crippen LogP contribution in [0.15, 0.2) is 48.5 Å². The van der Waals surface area contributed by atoms with Crippen LogP contribution in [0.5, 0.6) is 23.0 Å². The Hall–Kier alpha value is -4.32. The van der Waals surface area contributed by atoms with E-state index in [1.807, 2.05) is 0 Å². The van der Waals surface area contributed by atoms with E-state index in [0.717, 1.165) is 6.07 Å². The summed E-state index contributed by atoms with van der Waals surface area (Å²) in [7, 11) is 4.03. The van der Waals surface area contributed by atoms with E-state index < -0.39 is 29.7 Å². The Kier molecular flexibility index (Phi) is 9.80. The molecule has 0 aliphatic carbocycles. The normalized spacial score (nSPS) is 13.2. The average Bonchev–Trinajstić information content (AvgIpc) is 3.39. The van der Waals surface area contributed by atoms with Crippen LogP contribution in [0.25, 0.3) is 0 Å². The van der Waals surface area contributed by atoms with Crippen LogP contribution in [0.3, 0.4) is 0 Å². The largest absolute Gasteiger partial charge is 0.497 e. The third-order valence-corrected chi connectivity index (χ3v) is 7.09. The zero-order valence-corrected chi connectivity index (χ0v) is 24.3. The molecule has 0 saturated carbocycles. The maximum atomic E-state index is 14.2. The zero-order chi connectivity index (χ0) is 31.3. The fourth-order valence-corrected chi connectivity index (χ4v) is 4.98. The van der Waals surface area contributed by atoms with Gasteiger partial charge in [0.2, 0.25) is 0 Å². The number of methoxy groups -OCH3 is 3. The molecule has 0 saturated heterocycles. The molecule has 0 spiro atoms. The predicted octanol–water partition coefficient (Wildman–Crippen LogP) is 6.37. The van der Waals surface area contributed by atoms with Gasteiger partial charge < -0.3 is 34.3 Å². The summed E-state index contributed by atoms with van der Waals surface area (Å²) < 4.78 is 63.2. The monoisotopic (exact) mass is 622 g/mol. The number of alkyl halides is 3. The van der Waals surface area contributed by atoms with Crippen LogP contribution in [-0.4, -0.2) is 51.5 Å². The lowest BCUT2D eigenvalue weighted by Gasteiger charge is -2.28. The summed E-state index contributed by atoms with van der Waals surface area (Å²) >= 11 is 6.18. The van der Waals surface area contributed by atoms with Crippen LogP contribution in [0, 0.1) is 0 Å². The Labute approximate surface area is 251 Å². The van der Waals surface area contributed by atoms with E-state index in [4.69, 9.17) is 35.7 Å². The van der Waals surface area contributed by atoms with Crippen molar-refractivity contribution in [3.05, 3.63) is 70.2 Å². The Morgan fingerprint density at radius 3 is 2.37 bits per heavy atom. The molecule has 0 bridgehead atoms. The lowest BCUT2D eigenvalue weighted by atomic mass is 10.0. The quantitative estimate of drug-likeness (QED) is 0.225. The molecule has 1 heterocycles. The number of nitrogens with zero attached hydrogens (tertiary/aromatic N) is 1. The van der Waals surface area contributed by atoms with Crippen molar-refractivity contribution in [2.75, 3.05) is 44.7 Å². The molecule has 1 aliphatic heterocycles. The molecule has 0 radical (unpaired) electrons. The number of halogens is 4. The van der Waals surface area contributed by atoms with Gasteiger partial charge in [0.1, 0.15) is 29.0 Å². The van der Waals surface area contributed by atoms with E-state index in [-0.39, 0.29) is 43.2 Å². The number of carbonyl (C=O) groups excluding carboxylic acids is 1. The molecular weight excluding hydrogens is 593 g/mol. The Morgan fingerprint density at radius 1 is 1.00 bits per heavy atom. The molecular formula is C30H30ClF3N2O7. The number of carboxylic acids is 1. The minimum Gasteiger partial charge on any atom is -0.497 e. The second-order valence-corrected chi connectivity index (χ2v) is 10.1. The Balaban J connectivity index is 1.74. The number of hydrogen-bond donors (Lipinski definition) is 2. The summed E-state index contributed by atoms with van der Waals surface area (Å²) in [6.07, 6.45) is -4.16. The molecule has 43 heavy (non-hydrogen) atoms. The average molecular weight is 623 g/mol. The molecule has 2 N–H and O–H groups in total. The lowest BCUT2D eigenvalue weighted by molar-refractivity contribution is -0.139. The fraction of sp³-hybridized carbons (Fsp3) is 0.333. The number of hydrogen-bond acceptors (Lipinski definition) is 7. The van der Waals surface area contributed by atoms with E-state index in [0.29, 0.717) is 39.8 Å². The van der Waals surface area contributed by atoms with Gasteiger partial charge in [-0.3, -0.25) is 9.59 Å². The first-order chi connectivity index (χ1) is 20.4. The predicted molar refractivity (Wildman–Crippen MR) is 154 cm³/mol. The number of aliphatic carboxylic acids is 1. The van der Waals surface area contributed by atoms with Crippen molar-refractivity contribution >= 4 is 34.9 Å². The number of carboxylic acid groups (broad SMARTS) is 1. The molecule has 230 valence electrons. The van der Waals surface area contributed by atoms with E-state index in [9.17, 15) is 22.8 Å². The van der Waals surface area contributed by atoms with Crippen molar-refractivity contribution in [3.8, 4) is 23.0 Å². The van der Waals surface area contributed by atoms with Gasteiger partial charge in [0, 0.05) is 53.1 Å². The molecule has 1 atom stereocenters. The van der Waals surface area contributed by atoms with E-state index in [1.54, 1.807) is 30.3 Å². The van der Waals surface area contributed by atoms with Crippen LogP contribution in [0.2, 0.25) is 5.02 Å². The first-order valence-electron chi connectivity index (χ1n) is 13.2. The summed E-state index contributed by atoms with van der Waals surface area (Å²) in [5.74, 6) is -0.766. The second-order valence-electron chi connectivity index (χ2n) is 9.63. The van der Waals surface area contributed by atoms with Crippen molar-refractivity contribution in [2.24, 2.45) is 0 Å². The molecule has 3 aromatic carbocycles. The van der Waals surface area contributed by atoms with Gasteiger partial charge in [-0.2, -0.15) is 13.2 Å². The number of ether oxygens (including phenoxy) is 4. The molecule has 4 rings (SSSR count). The van der Waals surface area contributed by atoms with Gasteiger partial charge in [0.15, 0.2) is 0 Å². The summed E-state index contributed by atoms with van der Waals surface area (Å²) in [6, 6.07) is 10.7. The van der Waals surface area contributed by atoms with Gasteiger partial charge in [0.05, 0.1) is 33.5 Å². The minimum absolute atomic E-state index is 0.0682. The van der Waals surface area contributed by atoms with Crippen LogP contribution in [0.4, 0.5) is 24.5 Å². The van der Waals surface area contributed by atoms with Crippen molar-refractivity contribution in [1.29, 1.82) is 0 Å². The van der Waals surface area contributed by atoms with Crippen LogP contribution in [-0.2, 0) is 22.2 Å². The number of anilines is 2. The van der Waals surface area contributed by atoms with Crippen LogP contribution < -0.4 is 29.2 Å². The van der Waals surface area contributed by atoms with E-state index >= 15 is 0 Å². The van der Waals surface area contributed by atoms with Gasteiger partial charge in [0.25, 0.3) is 5.91 Å². The van der Waals surface area contributed by atoms with Gasteiger partial charge in [-0.15, -0.1) is 0 Å².